The molecule has 76 valence electrons. The lowest BCUT2D eigenvalue weighted by Gasteiger charge is -2.19. The topological polar surface area (TPSA) is 66.6 Å². The SMILES string of the molecule is CC(C(N)=O)=C(CCCO)N(C)C. The van der Waals surface area contributed by atoms with E-state index in [4.69, 9.17) is 10.8 Å². The second kappa shape index (κ2) is 5.59. The number of nitrogens with zero attached hydrogens (tertiary/aromatic N) is 1. The first-order valence-electron chi connectivity index (χ1n) is 4.28. The van der Waals surface area contributed by atoms with Crippen molar-refractivity contribution in [3.8, 4) is 0 Å². The van der Waals surface area contributed by atoms with Crippen LogP contribution in [0.25, 0.3) is 0 Å². The summed E-state index contributed by atoms with van der Waals surface area (Å²) >= 11 is 0. The van der Waals surface area contributed by atoms with Gasteiger partial charge in [0, 0.05) is 32.0 Å². The van der Waals surface area contributed by atoms with Crippen molar-refractivity contribution < 1.29 is 9.90 Å². The van der Waals surface area contributed by atoms with E-state index < -0.39 is 5.91 Å². The number of aliphatic hydroxyl groups excluding tert-OH is 1. The molecule has 4 heteroatoms. The minimum Gasteiger partial charge on any atom is -0.396 e. The highest BCUT2D eigenvalue weighted by Gasteiger charge is 2.08. The Balaban J connectivity index is 4.57. The Morgan fingerprint density at radius 1 is 1.46 bits per heavy atom. The number of carbonyl (C=O) groups excluding carboxylic acids is 1. The van der Waals surface area contributed by atoms with Crippen LogP contribution in [0.2, 0.25) is 0 Å². The Labute approximate surface area is 79.0 Å². The van der Waals surface area contributed by atoms with Gasteiger partial charge < -0.3 is 15.7 Å². The van der Waals surface area contributed by atoms with Crippen LogP contribution in [0.5, 0.6) is 0 Å². The number of hydrogen-bond acceptors (Lipinski definition) is 3. The van der Waals surface area contributed by atoms with Gasteiger partial charge in [-0.3, -0.25) is 4.79 Å². The van der Waals surface area contributed by atoms with Gasteiger partial charge >= 0.3 is 0 Å². The van der Waals surface area contributed by atoms with Crippen LogP contribution < -0.4 is 5.73 Å². The summed E-state index contributed by atoms with van der Waals surface area (Å²) in [5.74, 6) is -0.401. The van der Waals surface area contributed by atoms with Crippen molar-refractivity contribution in [2.24, 2.45) is 5.73 Å². The van der Waals surface area contributed by atoms with Crippen LogP contribution in [-0.4, -0.2) is 36.6 Å². The molecule has 13 heavy (non-hydrogen) atoms. The number of primary amides is 1. The summed E-state index contributed by atoms with van der Waals surface area (Å²) in [6.07, 6.45) is 1.33. The molecule has 1 amide bonds. The van der Waals surface area contributed by atoms with Crippen molar-refractivity contribution in [2.45, 2.75) is 19.8 Å². The van der Waals surface area contributed by atoms with Gasteiger partial charge in [0.25, 0.3) is 0 Å². The van der Waals surface area contributed by atoms with Gasteiger partial charge in [0.05, 0.1) is 0 Å². The van der Waals surface area contributed by atoms with Crippen molar-refractivity contribution in [3.05, 3.63) is 11.3 Å². The molecule has 0 saturated heterocycles. The molecule has 0 aromatic carbocycles. The van der Waals surface area contributed by atoms with Crippen molar-refractivity contribution >= 4 is 5.91 Å². The Morgan fingerprint density at radius 2 is 2.00 bits per heavy atom. The van der Waals surface area contributed by atoms with E-state index >= 15 is 0 Å². The normalized spacial score (nSPS) is 12.3. The average Bonchev–Trinajstić information content (AvgIpc) is 2.04. The van der Waals surface area contributed by atoms with E-state index in [9.17, 15) is 4.79 Å². The van der Waals surface area contributed by atoms with Crippen molar-refractivity contribution in [1.82, 2.24) is 4.90 Å². The Kier molecular flexibility index (Phi) is 5.14. The third-order valence-electron chi connectivity index (χ3n) is 1.91. The molecule has 0 atom stereocenters. The van der Waals surface area contributed by atoms with Gasteiger partial charge in [0.2, 0.25) is 5.91 Å². The molecule has 0 aliphatic heterocycles. The lowest BCUT2D eigenvalue weighted by atomic mass is 10.1. The number of rotatable bonds is 5. The molecule has 0 rings (SSSR count). The lowest BCUT2D eigenvalue weighted by molar-refractivity contribution is -0.114. The molecular weight excluding hydrogens is 168 g/mol. The number of amides is 1. The van der Waals surface area contributed by atoms with Crippen molar-refractivity contribution in [1.29, 1.82) is 0 Å². The van der Waals surface area contributed by atoms with Gasteiger partial charge in [-0.1, -0.05) is 0 Å². The monoisotopic (exact) mass is 186 g/mol. The summed E-state index contributed by atoms with van der Waals surface area (Å²) in [4.78, 5) is 12.7. The van der Waals surface area contributed by atoms with Gasteiger partial charge in [-0.15, -0.1) is 0 Å². The molecule has 0 aliphatic rings. The third-order valence-corrected chi connectivity index (χ3v) is 1.91. The summed E-state index contributed by atoms with van der Waals surface area (Å²) < 4.78 is 0. The highest BCUT2D eigenvalue weighted by atomic mass is 16.2. The van der Waals surface area contributed by atoms with E-state index in [2.05, 4.69) is 0 Å². The van der Waals surface area contributed by atoms with Crippen LogP contribution in [0.3, 0.4) is 0 Å². The van der Waals surface area contributed by atoms with Crippen LogP contribution in [0.4, 0.5) is 0 Å². The summed E-state index contributed by atoms with van der Waals surface area (Å²) in [5.41, 5.74) is 6.62. The predicted octanol–water partition coefficient (Wildman–Crippen LogP) is 0.0798. The first kappa shape index (κ1) is 12.0. The fraction of sp³-hybridized carbons (Fsp3) is 0.667. The smallest absolute Gasteiger partial charge is 0.246 e. The van der Waals surface area contributed by atoms with Crippen molar-refractivity contribution in [3.63, 3.8) is 0 Å². The van der Waals surface area contributed by atoms with Crippen LogP contribution in [0, 0.1) is 0 Å². The summed E-state index contributed by atoms with van der Waals surface area (Å²) in [6.45, 7) is 1.83. The first-order valence-corrected chi connectivity index (χ1v) is 4.28. The van der Waals surface area contributed by atoms with Crippen LogP contribution >= 0.6 is 0 Å². The second-order valence-corrected chi connectivity index (χ2v) is 3.16. The standard InChI is InChI=1S/C9H18N2O2/c1-7(9(10)13)8(11(2)3)5-4-6-12/h12H,4-6H2,1-3H3,(H2,10,13). The third kappa shape index (κ3) is 3.94. The second-order valence-electron chi connectivity index (χ2n) is 3.16. The van der Waals surface area contributed by atoms with E-state index in [0.29, 0.717) is 18.4 Å². The number of allylic oxidation sites excluding steroid dienone is 1. The lowest BCUT2D eigenvalue weighted by Crippen LogP contribution is -2.21. The molecule has 0 spiro atoms. The number of nitrogens with two attached hydrogens (primary N) is 1. The minimum atomic E-state index is -0.401. The molecule has 0 aromatic rings. The average molecular weight is 186 g/mol. The van der Waals surface area contributed by atoms with E-state index in [1.807, 2.05) is 19.0 Å². The summed E-state index contributed by atoms with van der Waals surface area (Å²) in [6, 6.07) is 0. The predicted molar refractivity (Wildman–Crippen MR) is 51.9 cm³/mol. The highest BCUT2D eigenvalue weighted by molar-refractivity contribution is 5.91. The van der Waals surface area contributed by atoms with Crippen LogP contribution in [0.15, 0.2) is 11.3 Å². The Hall–Kier alpha value is -1.03. The zero-order valence-electron chi connectivity index (χ0n) is 8.50. The van der Waals surface area contributed by atoms with Gasteiger partial charge in [-0.25, -0.2) is 0 Å². The Morgan fingerprint density at radius 3 is 2.31 bits per heavy atom. The maximum absolute atomic E-state index is 10.9. The van der Waals surface area contributed by atoms with E-state index in [1.165, 1.54) is 0 Å². The van der Waals surface area contributed by atoms with Gasteiger partial charge in [-0.2, -0.15) is 0 Å². The molecule has 0 heterocycles. The van der Waals surface area contributed by atoms with E-state index in [-0.39, 0.29) is 6.61 Å². The summed E-state index contributed by atoms with van der Waals surface area (Å²) in [7, 11) is 3.72. The number of hydrogen-bond donors (Lipinski definition) is 2. The number of aliphatic hydroxyl groups is 1. The van der Waals surface area contributed by atoms with E-state index in [1.54, 1.807) is 6.92 Å². The molecule has 3 N–H and O–H groups in total. The first-order chi connectivity index (χ1) is 6.00. The van der Waals surface area contributed by atoms with Crippen LogP contribution in [0.1, 0.15) is 19.8 Å². The largest absolute Gasteiger partial charge is 0.396 e. The number of carbonyl (C=O) groups is 1. The van der Waals surface area contributed by atoms with Crippen LogP contribution in [-0.2, 0) is 4.79 Å². The highest BCUT2D eigenvalue weighted by Crippen LogP contribution is 2.12. The molecule has 0 unspecified atom stereocenters. The molecule has 0 aromatic heterocycles. The fourth-order valence-electron chi connectivity index (χ4n) is 1.14. The van der Waals surface area contributed by atoms with E-state index in [0.717, 1.165) is 5.70 Å². The molecule has 0 bridgehead atoms. The molecule has 0 saturated carbocycles. The Bertz CT molecular complexity index is 210. The van der Waals surface area contributed by atoms with Crippen molar-refractivity contribution in [2.75, 3.05) is 20.7 Å². The molecule has 0 aliphatic carbocycles. The maximum atomic E-state index is 10.9. The quantitative estimate of drug-likeness (QED) is 0.597. The molecular formula is C9H18N2O2. The molecule has 0 fully saturated rings. The zero-order valence-corrected chi connectivity index (χ0v) is 8.50. The minimum absolute atomic E-state index is 0.128. The summed E-state index contributed by atoms with van der Waals surface area (Å²) in [5, 5.41) is 8.66. The maximum Gasteiger partial charge on any atom is 0.246 e. The van der Waals surface area contributed by atoms with Gasteiger partial charge in [-0.05, 0) is 19.8 Å². The van der Waals surface area contributed by atoms with Gasteiger partial charge in [0.1, 0.15) is 0 Å². The zero-order chi connectivity index (χ0) is 10.4. The van der Waals surface area contributed by atoms with Gasteiger partial charge in [0.15, 0.2) is 0 Å². The molecule has 4 nitrogen and oxygen atoms in total. The molecule has 0 radical (unpaired) electrons. The fourth-order valence-corrected chi connectivity index (χ4v) is 1.14.